The van der Waals surface area contributed by atoms with Gasteiger partial charge in [-0.3, -0.25) is 4.79 Å². The van der Waals surface area contributed by atoms with Crippen LogP contribution in [0.15, 0.2) is 28.3 Å². The van der Waals surface area contributed by atoms with E-state index in [4.69, 9.17) is 10.2 Å². The molecule has 1 atom stereocenters. The van der Waals surface area contributed by atoms with E-state index >= 15 is 0 Å². The van der Waals surface area contributed by atoms with E-state index in [1.165, 1.54) is 6.08 Å². The molecule has 0 aliphatic heterocycles. The molecule has 0 spiro atoms. The van der Waals surface area contributed by atoms with Gasteiger partial charge in [0.15, 0.2) is 5.78 Å². The minimum absolute atomic E-state index is 0.0906. The van der Waals surface area contributed by atoms with Crippen LogP contribution < -0.4 is 5.73 Å². The Morgan fingerprint density at radius 1 is 1.43 bits per heavy atom. The number of carbonyl (C=O) groups excluding carboxylic acids is 1. The minimum atomic E-state index is 0.0906. The van der Waals surface area contributed by atoms with Gasteiger partial charge in [0.05, 0.1) is 0 Å². The van der Waals surface area contributed by atoms with E-state index in [-0.39, 0.29) is 11.7 Å². The Morgan fingerprint density at radius 2 is 2.21 bits per heavy atom. The summed E-state index contributed by atoms with van der Waals surface area (Å²) in [5.74, 6) is 1.96. The number of allylic oxidation sites excluding steroid dienone is 2. The minimum Gasteiger partial charge on any atom is -0.466 e. The number of nitrogens with two attached hydrogens (primary N) is 1. The van der Waals surface area contributed by atoms with Gasteiger partial charge in [0, 0.05) is 18.0 Å². The number of ketones is 1. The third-order valence-corrected chi connectivity index (χ3v) is 2.44. The molecule has 0 bridgehead atoms. The molecular formula is C11H13NO2. The molecule has 1 aliphatic rings. The predicted molar refractivity (Wildman–Crippen MR) is 52.7 cm³/mol. The van der Waals surface area contributed by atoms with Crippen molar-refractivity contribution < 1.29 is 9.21 Å². The number of carbonyl (C=O) groups is 1. The topological polar surface area (TPSA) is 56.2 Å². The highest BCUT2D eigenvalue weighted by atomic mass is 16.3. The summed E-state index contributed by atoms with van der Waals surface area (Å²) in [6.07, 6.45) is 2.75. The van der Waals surface area contributed by atoms with Gasteiger partial charge in [-0.05, 0) is 31.6 Å². The Bertz CT molecular complexity index is 390. The Morgan fingerprint density at radius 3 is 2.79 bits per heavy atom. The second-order valence-electron chi connectivity index (χ2n) is 3.74. The molecular weight excluding hydrogens is 178 g/mol. The van der Waals surface area contributed by atoms with Gasteiger partial charge in [-0.25, -0.2) is 0 Å². The van der Waals surface area contributed by atoms with E-state index in [9.17, 15) is 4.79 Å². The molecule has 1 aromatic heterocycles. The zero-order chi connectivity index (χ0) is 10.1. The van der Waals surface area contributed by atoms with E-state index < -0.39 is 0 Å². The van der Waals surface area contributed by atoms with Crippen LogP contribution >= 0.6 is 0 Å². The van der Waals surface area contributed by atoms with E-state index in [2.05, 4.69) is 0 Å². The van der Waals surface area contributed by atoms with Gasteiger partial charge in [0.2, 0.25) is 0 Å². The van der Waals surface area contributed by atoms with Crippen molar-refractivity contribution in [3.05, 3.63) is 35.4 Å². The summed E-state index contributed by atoms with van der Waals surface area (Å²) in [6, 6.07) is 3.83. The van der Waals surface area contributed by atoms with E-state index in [0.717, 1.165) is 17.9 Å². The van der Waals surface area contributed by atoms with Gasteiger partial charge >= 0.3 is 0 Å². The average molecular weight is 191 g/mol. The second-order valence-corrected chi connectivity index (χ2v) is 3.74. The first-order valence-corrected chi connectivity index (χ1v) is 4.70. The lowest BCUT2D eigenvalue weighted by Crippen LogP contribution is -2.16. The zero-order valence-corrected chi connectivity index (χ0v) is 8.12. The number of hydrogen-bond donors (Lipinski definition) is 1. The maximum atomic E-state index is 11.3. The summed E-state index contributed by atoms with van der Waals surface area (Å²) in [5.41, 5.74) is 6.31. The molecule has 14 heavy (non-hydrogen) atoms. The Labute approximate surface area is 82.6 Å². The summed E-state index contributed by atoms with van der Waals surface area (Å²) in [7, 11) is 0. The van der Waals surface area contributed by atoms with Crippen LogP contribution in [0.2, 0.25) is 0 Å². The maximum absolute atomic E-state index is 11.3. The molecule has 2 N–H and O–H groups in total. The second kappa shape index (κ2) is 3.33. The summed E-state index contributed by atoms with van der Waals surface area (Å²) in [6.45, 7) is 1.90. The Kier molecular flexibility index (Phi) is 2.15. The summed E-state index contributed by atoms with van der Waals surface area (Å²) in [4.78, 5) is 11.3. The van der Waals surface area contributed by atoms with Crippen LogP contribution in [0.5, 0.6) is 0 Å². The van der Waals surface area contributed by atoms with Gasteiger partial charge in [0.1, 0.15) is 11.5 Å². The molecule has 3 heteroatoms. The molecule has 0 radical (unpaired) electrons. The van der Waals surface area contributed by atoms with Crippen LogP contribution in [-0.2, 0) is 4.79 Å². The lowest BCUT2D eigenvalue weighted by atomic mass is 9.89. The number of furan rings is 1. The molecule has 1 heterocycles. The smallest absolute Gasteiger partial charge is 0.158 e. The quantitative estimate of drug-likeness (QED) is 0.737. The first kappa shape index (κ1) is 9.06. The highest BCUT2D eigenvalue weighted by Crippen LogP contribution is 2.30. The van der Waals surface area contributed by atoms with Gasteiger partial charge < -0.3 is 10.2 Å². The zero-order valence-electron chi connectivity index (χ0n) is 8.12. The van der Waals surface area contributed by atoms with Crippen LogP contribution in [0.25, 0.3) is 0 Å². The lowest BCUT2D eigenvalue weighted by molar-refractivity contribution is -0.115. The number of aryl methyl sites for hydroxylation is 1. The first-order valence-electron chi connectivity index (χ1n) is 4.70. The largest absolute Gasteiger partial charge is 0.466 e. The summed E-state index contributed by atoms with van der Waals surface area (Å²) >= 11 is 0. The van der Waals surface area contributed by atoms with Gasteiger partial charge in [0.25, 0.3) is 0 Å². The van der Waals surface area contributed by atoms with Crippen molar-refractivity contribution in [1.29, 1.82) is 0 Å². The SMILES string of the molecule is Cc1ccc([C@@H]2CC(=O)C=C(N)C2)o1. The van der Waals surface area contributed by atoms with E-state index in [0.29, 0.717) is 12.1 Å². The fraction of sp³-hybridized carbons (Fsp3) is 0.364. The van der Waals surface area contributed by atoms with Crippen LogP contribution in [0.1, 0.15) is 30.3 Å². The lowest BCUT2D eigenvalue weighted by Gasteiger charge is -2.17. The Hall–Kier alpha value is -1.51. The monoisotopic (exact) mass is 191 g/mol. The van der Waals surface area contributed by atoms with Crippen molar-refractivity contribution in [1.82, 2.24) is 0 Å². The van der Waals surface area contributed by atoms with Crippen molar-refractivity contribution >= 4 is 5.78 Å². The average Bonchev–Trinajstić information content (AvgIpc) is 2.50. The van der Waals surface area contributed by atoms with Crippen molar-refractivity contribution in [2.75, 3.05) is 0 Å². The molecule has 3 nitrogen and oxygen atoms in total. The third-order valence-electron chi connectivity index (χ3n) is 2.44. The van der Waals surface area contributed by atoms with Gasteiger partial charge in [-0.2, -0.15) is 0 Å². The van der Waals surface area contributed by atoms with Crippen molar-refractivity contribution in [2.45, 2.75) is 25.7 Å². The highest BCUT2D eigenvalue weighted by Gasteiger charge is 2.23. The normalized spacial score (nSPS) is 22.2. The van der Waals surface area contributed by atoms with E-state index in [1.54, 1.807) is 0 Å². The molecule has 0 aromatic carbocycles. The van der Waals surface area contributed by atoms with Crippen molar-refractivity contribution in [3.8, 4) is 0 Å². The molecule has 74 valence electrons. The fourth-order valence-electron chi connectivity index (χ4n) is 1.80. The molecule has 0 fully saturated rings. The standard InChI is InChI=1S/C11H13NO2/c1-7-2-3-11(14-7)8-4-9(12)6-10(13)5-8/h2-3,6,8H,4-5,12H2,1H3/t8-/m0/s1. The van der Waals surface area contributed by atoms with E-state index in [1.807, 2.05) is 19.1 Å². The van der Waals surface area contributed by atoms with Crippen molar-refractivity contribution in [3.63, 3.8) is 0 Å². The molecule has 0 unspecified atom stereocenters. The molecule has 0 amide bonds. The van der Waals surface area contributed by atoms with Crippen LogP contribution in [0, 0.1) is 6.92 Å². The van der Waals surface area contributed by atoms with Crippen molar-refractivity contribution in [2.24, 2.45) is 5.73 Å². The molecule has 2 rings (SSSR count). The summed E-state index contributed by atoms with van der Waals surface area (Å²) < 4.78 is 5.48. The van der Waals surface area contributed by atoms with Crippen LogP contribution in [-0.4, -0.2) is 5.78 Å². The van der Waals surface area contributed by atoms with Gasteiger partial charge in [-0.1, -0.05) is 0 Å². The van der Waals surface area contributed by atoms with Crippen LogP contribution in [0.3, 0.4) is 0 Å². The molecule has 0 saturated heterocycles. The predicted octanol–water partition coefficient (Wildman–Crippen LogP) is 1.88. The molecule has 1 aromatic rings. The van der Waals surface area contributed by atoms with Crippen LogP contribution in [0.4, 0.5) is 0 Å². The fourth-order valence-corrected chi connectivity index (χ4v) is 1.80. The Balaban J connectivity index is 2.21. The van der Waals surface area contributed by atoms with Gasteiger partial charge in [-0.15, -0.1) is 0 Å². The third kappa shape index (κ3) is 1.71. The number of rotatable bonds is 1. The highest BCUT2D eigenvalue weighted by molar-refractivity contribution is 5.91. The maximum Gasteiger partial charge on any atom is 0.158 e. The molecule has 1 aliphatic carbocycles. The molecule has 0 saturated carbocycles. The first-order chi connectivity index (χ1) is 6.65. The summed E-state index contributed by atoms with van der Waals surface area (Å²) in [5, 5.41) is 0. The number of hydrogen-bond acceptors (Lipinski definition) is 3.